The molecule has 6 rings (SSSR count). The van der Waals surface area contributed by atoms with Crippen molar-refractivity contribution in [3.63, 3.8) is 0 Å². The third kappa shape index (κ3) is 17.3. The number of nitrogen functional groups attached to an aromatic ring is 2. The average Bonchev–Trinajstić information content (AvgIpc) is 3.39. The molecule has 0 bridgehead atoms. The van der Waals surface area contributed by atoms with Crippen molar-refractivity contribution in [1.29, 1.82) is 0 Å². The molecule has 1 fully saturated rings. The van der Waals surface area contributed by atoms with Crippen molar-refractivity contribution in [1.82, 2.24) is 51.4 Å². The number of rotatable bonds is 31. The Morgan fingerprint density at radius 2 is 1.45 bits per heavy atom. The Labute approximate surface area is 471 Å². The van der Waals surface area contributed by atoms with Gasteiger partial charge in [0.1, 0.15) is 18.1 Å². The van der Waals surface area contributed by atoms with Crippen LogP contribution in [0, 0.1) is 0 Å². The molecular weight excluding hydrogens is 1070 g/mol. The number of piperidine rings is 1. The second-order valence-corrected chi connectivity index (χ2v) is 19.6. The van der Waals surface area contributed by atoms with Crippen molar-refractivity contribution in [3.8, 4) is 0 Å². The van der Waals surface area contributed by atoms with Gasteiger partial charge in [-0.1, -0.05) is 31.7 Å². The van der Waals surface area contributed by atoms with Crippen molar-refractivity contribution in [2.75, 3.05) is 56.0 Å². The number of esters is 2. The third-order valence-electron chi connectivity index (χ3n) is 13.7. The first-order valence-corrected chi connectivity index (χ1v) is 26.7. The maximum Gasteiger partial charge on any atom is 0.328 e. The van der Waals surface area contributed by atoms with Gasteiger partial charge in [0.2, 0.25) is 35.5 Å². The molecule has 2 aliphatic rings. The van der Waals surface area contributed by atoms with Crippen LogP contribution in [0.2, 0.25) is 0 Å². The molecule has 4 atom stereocenters. The molecule has 0 radical (unpaired) electrons. The monoisotopic (exact) mass is 1140 g/mol. The summed E-state index contributed by atoms with van der Waals surface area (Å²) in [7, 11) is 4.05. The number of nitrogens with one attached hydrogen (secondary N) is 6. The summed E-state index contributed by atoms with van der Waals surface area (Å²) in [6.45, 7) is 1.24. The Bertz CT molecular complexity index is 3050. The topological polar surface area (TPSA) is 409 Å². The number of nitrogens with zero attached hydrogens (tertiary/aromatic N) is 6. The highest BCUT2D eigenvalue weighted by Gasteiger charge is 2.45. The molecule has 0 aliphatic carbocycles. The Kier molecular flexibility index (Phi) is 22.4. The minimum Gasteiger partial charge on any atom is -0.480 e. The van der Waals surface area contributed by atoms with Crippen molar-refractivity contribution in [3.05, 3.63) is 71.0 Å². The molecule has 11 N–H and O–H groups in total. The van der Waals surface area contributed by atoms with Crippen LogP contribution in [0.5, 0.6) is 0 Å². The number of aromatic nitrogens is 4. The molecule has 28 heteroatoms. The largest absolute Gasteiger partial charge is 0.480 e. The predicted octanol–water partition coefficient (Wildman–Crippen LogP) is 1.42. The van der Waals surface area contributed by atoms with Crippen molar-refractivity contribution >= 4 is 99.5 Å². The number of benzene rings is 2. The van der Waals surface area contributed by atoms with Gasteiger partial charge in [0.15, 0.2) is 17.0 Å². The van der Waals surface area contributed by atoms with Crippen molar-refractivity contribution in [2.45, 2.75) is 127 Å². The van der Waals surface area contributed by atoms with E-state index in [1.165, 1.54) is 25.4 Å². The minimum absolute atomic E-state index is 0.0223. The van der Waals surface area contributed by atoms with Gasteiger partial charge in [-0.05, 0) is 74.9 Å². The van der Waals surface area contributed by atoms with Crippen LogP contribution < -0.4 is 48.3 Å². The number of methoxy groups -OCH3 is 2. The first kappa shape index (κ1) is 61.8. The van der Waals surface area contributed by atoms with Gasteiger partial charge in [-0.15, -0.1) is 0 Å². The summed E-state index contributed by atoms with van der Waals surface area (Å²) >= 11 is 0. The van der Waals surface area contributed by atoms with Gasteiger partial charge < -0.3 is 57.5 Å². The third-order valence-corrected chi connectivity index (χ3v) is 13.7. The number of ether oxygens (including phenoxy) is 2. The first-order valence-electron chi connectivity index (χ1n) is 26.7. The lowest BCUT2D eigenvalue weighted by atomic mass is 10.0. The molecule has 4 heterocycles. The zero-order valence-electron chi connectivity index (χ0n) is 45.7. The molecule has 82 heavy (non-hydrogen) atoms. The Morgan fingerprint density at radius 3 is 2.13 bits per heavy atom. The molecule has 0 saturated carbocycles. The number of amides is 8. The van der Waals surface area contributed by atoms with Gasteiger partial charge >= 0.3 is 17.9 Å². The minimum atomic E-state index is -1.49. The summed E-state index contributed by atoms with van der Waals surface area (Å²) in [4.78, 5) is 159. The van der Waals surface area contributed by atoms with Gasteiger partial charge in [-0.3, -0.25) is 53.4 Å². The highest BCUT2D eigenvalue weighted by Crippen LogP contribution is 2.32. The lowest BCUT2D eigenvalue weighted by Gasteiger charge is -2.27. The number of hydrogen-bond acceptors (Lipinski definition) is 21. The maximum absolute atomic E-state index is 13.3. The van der Waals surface area contributed by atoms with Crippen LogP contribution in [0.1, 0.15) is 133 Å². The molecule has 0 spiro atoms. The van der Waals surface area contributed by atoms with E-state index in [2.05, 4.69) is 51.8 Å². The lowest BCUT2D eigenvalue weighted by molar-refractivity contribution is -0.145. The standard InChI is InChI=1S/C54H68N14O14/c1-67(29-32-28-59-47-45(61-32)46(55)65-54(56)66-47)33-16-13-30(14-17-33)48(74)63-36(52(78)79)18-22-41(71)62-37(53(80)82-3)19-23-40(70)60-31(27-43(73)81-2)15-21-39(69)58-26-9-7-5-4-6-8-25-57-35-12-10-11-34-44(35)51(77)68(50(34)76)38-20-24-42(72)64-49(38)75/h10-14,16-17,28,31,36-38,57H,4-9,15,18-27,29H2,1-3H3,(H,58,69)(H,60,70)(H,62,71)(H,63,74)(H,78,79)(H,64,72,75)(H4,55,56,59,65,66)/t31-,36-,37-,38?/m0/s1. The van der Waals surface area contributed by atoms with Crippen molar-refractivity contribution in [2.24, 2.45) is 0 Å². The number of nitrogens with two attached hydrogens (primary N) is 2. The Hall–Kier alpha value is -9.37. The molecular formula is C54H68N14O14. The number of carbonyl (C=O) groups excluding carboxylic acids is 10. The average molecular weight is 1140 g/mol. The van der Waals surface area contributed by atoms with Crippen LogP contribution >= 0.6 is 0 Å². The number of carboxylic acid groups (broad SMARTS) is 1. The number of unbranched alkanes of at least 4 members (excludes halogenated alkanes) is 5. The number of fused-ring (bicyclic) bond motifs is 2. The fraction of sp³-hybridized carbons (Fsp3) is 0.463. The number of anilines is 4. The van der Waals surface area contributed by atoms with E-state index in [9.17, 15) is 57.8 Å². The summed E-state index contributed by atoms with van der Waals surface area (Å²) in [5.41, 5.74) is 14.4. The molecule has 2 aliphatic heterocycles. The summed E-state index contributed by atoms with van der Waals surface area (Å²) in [5.74, 6) is -7.48. The SMILES string of the molecule is COC(=O)C[C@H](CCC(=O)NCCCCCCCCNc1cccc2c1C(=O)N(C1CCC(=O)NC1=O)C2=O)NC(=O)CC[C@H](NC(=O)CC[C@H](NC(=O)c1ccc(N(C)Cc2cnc3nc(N)nc(N)c3n2)cc1)C(=O)O)C(=O)OC. The predicted molar refractivity (Wildman–Crippen MR) is 294 cm³/mol. The van der Waals surface area contributed by atoms with Gasteiger partial charge in [-0.2, -0.15) is 9.97 Å². The van der Waals surface area contributed by atoms with Crippen LogP contribution in [0.15, 0.2) is 48.7 Å². The van der Waals surface area contributed by atoms with E-state index in [1.807, 2.05) is 4.90 Å². The fourth-order valence-corrected chi connectivity index (χ4v) is 9.24. The van der Waals surface area contributed by atoms with Gasteiger partial charge in [0, 0.05) is 68.8 Å². The van der Waals surface area contributed by atoms with Gasteiger partial charge in [-0.25, -0.2) is 19.6 Å². The Morgan fingerprint density at radius 1 is 0.780 bits per heavy atom. The van der Waals surface area contributed by atoms with E-state index in [4.69, 9.17) is 20.9 Å². The zero-order valence-corrected chi connectivity index (χ0v) is 45.7. The normalized spacial score (nSPS) is 14.9. The molecule has 8 amide bonds. The lowest BCUT2D eigenvalue weighted by Crippen LogP contribution is -2.54. The van der Waals surface area contributed by atoms with Gasteiger partial charge in [0.25, 0.3) is 17.7 Å². The van der Waals surface area contributed by atoms with E-state index < -0.39 is 89.8 Å². The highest BCUT2D eigenvalue weighted by molar-refractivity contribution is 6.25. The van der Waals surface area contributed by atoms with E-state index in [1.54, 1.807) is 37.4 Å². The molecule has 1 saturated heterocycles. The zero-order chi connectivity index (χ0) is 59.5. The molecule has 28 nitrogen and oxygen atoms in total. The molecule has 2 aromatic heterocycles. The molecule has 4 aromatic rings. The number of carbonyl (C=O) groups is 11. The van der Waals surface area contributed by atoms with Crippen LogP contribution in [0.3, 0.4) is 0 Å². The summed E-state index contributed by atoms with van der Waals surface area (Å²) in [5, 5.41) is 25.8. The first-order chi connectivity index (χ1) is 39.3. The van der Waals surface area contributed by atoms with E-state index in [0.717, 1.165) is 44.1 Å². The highest BCUT2D eigenvalue weighted by atomic mass is 16.5. The second-order valence-electron chi connectivity index (χ2n) is 19.6. The van der Waals surface area contributed by atoms with Gasteiger partial charge in [0.05, 0.1) is 50.2 Å². The quantitative estimate of drug-likeness (QED) is 0.0195. The summed E-state index contributed by atoms with van der Waals surface area (Å²) < 4.78 is 9.61. The maximum atomic E-state index is 13.3. The number of hydrogen-bond donors (Lipinski definition) is 9. The van der Waals surface area contributed by atoms with E-state index in [0.29, 0.717) is 48.6 Å². The summed E-state index contributed by atoms with van der Waals surface area (Å²) in [6.07, 6.45) is 5.14. The molecule has 1 unspecified atom stereocenters. The van der Waals surface area contributed by atoms with Crippen LogP contribution in [0.25, 0.3) is 11.2 Å². The smallest absolute Gasteiger partial charge is 0.328 e. The number of carboxylic acids is 1. The second kappa shape index (κ2) is 29.7. The summed E-state index contributed by atoms with van der Waals surface area (Å²) in [6, 6.07) is 6.55. The van der Waals surface area contributed by atoms with Crippen LogP contribution in [-0.4, -0.2) is 154 Å². The van der Waals surface area contributed by atoms with Crippen molar-refractivity contribution < 1.29 is 67.3 Å². The van der Waals surface area contributed by atoms with Crippen LogP contribution in [0.4, 0.5) is 23.1 Å². The fourth-order valence-electron chi connectivity index (χ4n) is 9.24. The molecule has 2 aromatic carbocycles. The Balaban J connectivity index is 0.856. The van der Waals surface area contributed by atoms with E-state index >= 15 is 0 Å². The number of aliphatic carboxylic acids is 1. The number of imide groups is 2. The van der Waals surface area contributed by atoms with Crippen LogP contribution in [-0.2, 0) is 54.4 Å². The van der Waals surface area contributed by atoms with E-state index in [-0.39, 0.29) is 91.4 Å². The molecule has 438 valence electrons.